The Morgan fingerprint density at radius 3 is 1.41 bits per heavy atom. The quantitative estimate of drug-likeness (QED) is 0.548. The number of carbonyl (C=O) groups excluding carboxylic acids is 2. The molecule has 27 heavy (non-hydrogen) atoms. The molecule has 9 nitrogen and oxygen atoms in total. The highest BCUT2D eigenvalue weighted by Crippen LogP contribution is 2.22. The number of carbonyl (C=O) groups is 2. The zero-order valence-electron chi connectivity index (χ0n) is 13.8. The van der Waals surface area contributed by atoms with Gasteiger partial charge in [-0.1, -0.05) is 0 Å². The maximum atomic E-state index is 12.2. The molecular weight excluding hydrogens is 348 g/mol. The summed E-state index contributed by atoms with van der Waals surface area (Å²) in [5.41, 5.74) is 0.920. The van der Waals surface area contributed by atoms with Gasteiger partial charge in [-0.3, -0.25) is 9.59 Å². The van der Waals surface area contributed by atoms with Gasteiger partial charge in [0.05, 0.1) is 0 Å². The number of hydrogen-bond donors (Lipinski definition) is 0. The first-order valence-electron chi connectivity index (χ1n) is 7.87. The Hall–Kier alpha value is -4.14. The fourth-order valence-electron chi connectivity index (χ4n) is 2.36. The zero-order chi connectivity index (χ0) is 18.6. The highest BCUT2D eigenvalue weighted by Gasteiger charge is 2.11. The molecule has 0 aliphatic carbocycles. The molecule has 0 saturated heterocycles. The first kappa shape index (κ1) is 16.3. The van der Waals surface area contributed by atoms with Crippen molar-refractivity contribution in [2.75, 3.05) is 0 Å². The van der Waals surface area contributed by atoms with Crippen LogP contribution < -0.4 is 4.74 Å². The molecule has 2 aromatic heterocycles. The Balaban J connectivity index is 1.45. The molecule has 0 bridgehead atoms. The van der Waals surface area contributed by atoms with Gasteiger partial charge in [0.15, 0.2) is 0 Å². The van der Waals surface area contributed by atoms with E-state index in [1.165, 1.54) is 25.3 Å². The zero-order valence-corrected chi connectivity index (χ0v) is 13.8. The Bertz CT molecular complexity index is 968. The third-order valence-corrected chi connectivity index (χ3v) is 3.69. The molecule has 0 amide bonds. The number of aromatic nitrogens is 6. The van der Waals surface area contributed by atoms with Crippen molar-refractivity contribution in [3.63, 3.8) is 0 Å². The molecule has 0 saturated carbocycles. The standard InChI is InChI=1S/C18H12N6O3/c25-17(23-11-19-9-21-23)13-1-5-15(6-2-13)27-16-7-3-14(4-8-16)18(26)24-12-20-10-22-24/h1-12H. The van der Waals surface area contributed by atoms with Gasteiger partial charge >= 0.3 is 0 Å². The van der Waals surface area contributed by atoms with E-state index in [-0.39, 0.29) is 11.8 Å². The van der Waals surface area contributed by atoms with E-state index in [1.807, 2.05) is 0 Å². The molecule has 4 rings (SSSR count). The van der Waals surface area contributed by atoms with Crippen LogP contribution in [0, 0.1) is 0 Å². The van der Waals surface area contributed by atoms with Crippen LogP contribution in [0.3, 0.4) is 0 Å². The predicted molar refractivity (Wildman–Crippen MR) is 92.5 cm³/mol. The van der Waals surface area contributed by atoms with Gasteiger partial charge in [-0.2, -0.15) is 19.6 Å². The molecule has 0 fully saturated rings. The van der Waals surface area contributed by atoms with Crippen LogP contribution in [0.1, 0.15) is 20.7 Å². The molecule has 0 N–H and O–H groups in total. The molecule has 132 valence electrons. The van der Waals surface area contributed by atoms with E-state index >= 15 is 0 Å². The lowest BCUT2D eigenvalue weighted by Gasteiger charge is -2.07. The molecule has 2 aromatic carbocycles. The Labute approximate surface area is 152 Å². The molecule has 4 aromatic rings. The Morgan fingerprint density at radius 1 is 0.667 bits per heavy atom. The fourth-order valence-corrected chi connectivity index (χ4v) is 2.36. The van der Waals surface area contributed by atoms with Crippen molar-refractivity contribution in [2.45, 2.75) is 0 Å². The maximum absolute atomic E-state index is 12.2. The smallest absolute Gasteiger partial charge is 0.279 e. The highest BCUT2D eigenvalue weighted by molar-refractivity contribution is 5.95. The van der Waals surface area contributed by atoms with Crippen LogP contribution in [0.5, 0.6) is 11.5 Å². The van der Waals surface area contributed by atoms with Crippen LogP contribution >= 0.6 is 0 Å². The number of nitrogens with zero attached hydrogens (tertiary/aromatic N) is 6. The summed E-state index contributed by atoms with van der Waals surface area (Å²) in [4.78, 5) is 31.8. The molecule has 0 aliphatic heterocycles. The second kappa shape index (κ2) is 7.00. The number of benzene rings is 2. The van der Waals surface area contributed by atoms with Crippen LogP contribution in [-0.2, 0) is 0 Å². The van der Waals surface area contributed by atoms with E-state index in [9.17, 15) is 9.59 Å². The average molecular weight is 360 g/mol. The van der Waals surface area contributed by atoms with E-state index in [0.29, 0.717) is 22.6 Å². The van der Waals surface area contributed by atoms with Crippen molar-refractivity contribution in [3.05, 3.63) is 85.0 Å². The second-order valence-corrected chi connectivity index (χ2v) is 5.44. The van der Waals surface area contributed by atoms with E-state index in [0.717, 1.165) is 9.36 Å². The molecular formula is C18H12N6O3. The number of ether oxygens (including phenoxy) is 1. The van der Waals surface area contributed by atoms with Gasteiger partial charge < -0.3 is 4.74 Å². The summed E-state index contributed by atoms with van der Waals surface area (Å²) in [6.45, 7) is 0. The van der Waals surface area contributed by atoms with Crippen LogP contribution in [0.25, 0.3) is 0 Å². The molecule has 0 spiro atoms. The van der Waals surface area contributed by atoms with Crippen LogP contribution in [0.2, 0.25) is 0 Å². The molecule has 0 aliphatic rings. The van der Waals surface area contributed by atoms with Gasteiger partial charge in [0.25, 0.3) is 11.8 Å². The Kier molecular flexibility index (Phi) is 4.24. The van der Waals surface area contributed by atoms with Crippen LogP contribution in [-0.4, -0.2) is 41.3 Å². The minimum absolute atomic E-state index is 0.282. The summed E-state index contributed by atoms with van der Waals surface area (Å²) >= 11 is 0. The van der Waals surface area contributed by atoms with Gasteiger partial charge in [0.1, 0.15) is 36.8 Å². The van der Waals surface area contributed by atoms with Crippen molar-refractivity contribution in [2.24, 2.45) is 0 Å². The summed E-state index contributed by atoms with van der Waals surface area (Å²) in [5.74, 6) is 0.547. The third kappa shape index (κ3) is 3.47. The van der Waals surface area contributed by atoms with Crippen molar-refractivity contribution >= 4 is 11.8 Å². The summed E-state index contributed by atoms with van der Waals surface area (Å²) in [6, 6.07) is 13.3. The molecule has 9 heteroatoms. The third-order valence-electron chi connectivity index (χ3n) is 3.69. The van der Waals surface area contributed by atoms with Crippen molar-refractivity contribution in [3.8, 4) is 11.5 Å². The summed E-state index contributed by atoms with van der Waals surface area (Å²) in [5, 5.41) is 7.62. The predicted octanol–water partition coefficient (Wildman–Crippen LogP) is 2.04. The SMILES string of the molecule is O=C(c1ccc(Oc2ccc(C(=O)n3cncn3)cc2)cc1)n1cncn1. The Morgan fingerprint density at radius 2 is 1.07 bits per heavy atom. The lowest BCUT2D eigenvalue weighted by Crippen LogP contribution is -2.12. The lowest BCUT2D eigenvalue weighted by atomic mass is 10.2. The van der Waals surface area contributed by atoms with E-state index < -0.39 is 0 Å². The van der Waals surface area contributed by atoms with E-state index in [4.69, 9.17) is 4.74 Å². The average Bonchev–Trinajstić information content (AvgIpc) is 3.42. The van der Waals surface area contributed by atoms with Crippen LogP contribution in [0.15, 0.2) is 73.8 Å². The highest BCUT2D eigenvalue weighted by atomic mass is 16.5. The van der Waals surface area contributed by atoms with Crippen LogP contribution in [0.4, 0.5) is 0 Å². The first-order valence-corrected chi connectivity index (χ1v) is 7.87. The maximum Gasteiger partial charge on any atom is 0.279 e. The van der Waals surface area contributed by atoms with E-state index in [1.54, 1.807) is 48.5 Å². The van der Waals surface area contributed by atoms with Crippen molar-refractivity contribution in [1.82, 2.24) is 29.5 Å². The minimum atomic E-state index is -0.282. The molecule has 2 heterocycles. The summed E-state index contributed by atoms with van der Waals surface area (Å²) in [7, 11) is 0. The van der Waals surface area contributed by atoms with Crippen molar-refractivity contribution in [1.29, 1.82) is 0 Å². The van der Waals surface area contributed by atoms with Gasteiger partial charge in [-0.05, 0) is 48.5 Å². The minimum Gasteiger partial charge on any atom is -0.457 e. The van der Waals surface area contributed by atoms with E-state index in [2.05, 4.69) is 20.2 Å². The normalized spacial score (nSPS) is 10.5. The number of rotatable bonds is 4. The number of hydrogen-bond acceptors (Lipinski definition) is 7. The summed E-state index contributed by atoms with van der Waals surface area (Å²) < 4.78 is 8.04. The van der Waals surface area contributed by atoms with Gasteiger partial charge in [0.2, 0.25) is 0 Å². The second-order valence-electron chi connectivity index (χ2n) is 5.44. The topological polar surface area (TPSA) is 105 Å². The van der Waals surface area contributed by atoms with Crippen molar-refractivity contribution < 1.29 is 14.3 Å². The van der Waals surface area contributed by atoms with Gasteiger partial charge in [-0.25, -0.2) is 9.97 Å². The monoisotopic (exact) mass is 360 g/mol. The molecule has 0 unspecified atom stereocenters. The van der Waals surface area contributed by atoms with Gasteiger partial charge in [0, 0.05) is 11.1 Å². The largest absolute Gasteiger partial charge is 0.457 e. The lowest BCUT2D eigenvalue weighted by molar-refractivity contribution is 0.0937. The molecule has 0 atom stereocenters. The summed E-state index contributed by atoms with van der Waals surface area (Å²) in [6.07, 6.45) is 5.28. The molecule has 0 radical (unpaired) electrons. The first-order chi connectivity index (χ1) is 13.2. The van der Waals surface area contributed by atoms with Gasteiger partial charge in [-0.15, -0.1) is 0 Å². The fraction of sp³-hybridized carbons (Fsp3) is 0.